The van der Waals surface area contributed by atoms with Crippen molar-refractivity contribution in [2.45, 2.75) is 11.8 Å². The van der Waals surface area contributed by atoms with E-state index < -0.39 is 25.5 Å². The van der Waals surface area contributed by atoms with E-state index in [4.69, 9.17) is 5.14 Å². The van der Waals surface area contributed by atoms with Gasteiger partial charge in [-0.25, -0.2) is 13.6 Å². The van der Waals surface area contributed by atoms with E-state index in [0.717, 1.165) is 6.07 Å². The molecular weight excluding hydrogens is 288 g/mol. The highest BCUT2D eigenvalue weighted by atomic mass is 79.9. The second kappa shape index (κ2) is 3.87. The van der Waals surface area contributed by atoms with Gasteiger partial charge in [0.1, 0.15) is 0 Å². The first-order valence-corrected chi connectivity index (χ1v) is 6.04. The zero-order valence-electron chi connectivity index (χ0n) is 7.60. The molecule has 0 amide bonds. The summed E-state index contributed by atoms with van der Waals surface area (Å²) in [5, 5.41) is 15.5. The molecule has 0 aromatic heterocycles. The van der Waals surface area contributed by atoms with E-state index in [1.165, 1.54) is 13.0 Å². The van der Waals surface area contributed by atoms with Gasteiger partial charge in [0.25, 0.3) is 5.69 Å². The smallest absolute Gasteiger partial charge is 0.258 e. The molecular formula is C7H7BrN2O4S. The van der Waals surface area contributed by atoms with Crippen LogP contribution in [0.25, 0.3) is 0 Å². The van der Waals surface area contributed by atoms with Crippen molar-refractivity contribution in [3.8, 4) is 0 Å². The maximum atomic E-state index is 11.1. The van der Waals surface area contributed by atoms with Crippen molar-refractivity contribution >= 4 is 31.6 Å². The molecule has 1 aromatic rings. The van der Waals surface area contributed by atoms with Crippen molar-refractivity contribution in [3.63, 3.8) is 0 Å². The molecule has 2 N–H and O–H groups in total. The first-order chi connectivity index (χ1) is 6.73. The minimum Gasteiger partial charge on any atom is -0.258 e. The molecule has 8 heteroatoms. The van der Waals surface area contributed by atoms with Gasteiger partial charge in [-0.15, -0.1) is 0 Å². The molecule has 0 spiro atoms. The SMILES string of the molecule is Cc1cc(Br)cc([N+](=O)[O-])c1S(N)(=O)=O. The Bertz CT molecular complexity index is 526. The number of benzene rings is 1. The Kier molecular flexibility index (Phi) is 3.12. The van der Waals surface area contributed by atoms with Gasteiger partial charge in [0, 0.05) is 10.5 Å². The van der Waals surface area contributed by atoms with Crippen LogP contribution in [-0.2, 0) is 10.0 Å². The Hall–Kier alpha value is -0.990. The van der Waals surface area contributed by atoms with Crippen molar-refractivity contribution in [1.82, 2.24) is 0 Å². The lowest BCUT2D eigenvalue weighted by Gasteiger charge is -2.04. The highest BCUT2D eigenvalue weighted by Gasteiger charge is 2.25. The quantitative estimate of drug-likeness (QED) is 0.656. The summed E-state index contributed by atoms with van der Waals surface area (Å²) in [6.07, 6.45) is 0. The van der Waals surface area contributed by atoms with Crippen LogP contribution in [0.2, 0.25) is 0 Å². The Morgan fingerprint density at radius 1 is 1.47 bits per heavy atom. The van der Waals surface area contributed by atoms with E-state index in [1.807, 2.05) is 0 Å². The average molecular weight is 295 g/mol. The second-order valence-corrected chi connectivity index (χ2v) is 5.29. The topological polar surface area (TPSA) is 103 Å². The van der Waals surface area contributed by atoms with Gasteiger partial charge < -0.3 is 0 Å². The number of nitrogens with zero attached hydrogens (tertiary/aromatic N) is 1. The van der Waals surface area contributed by atoms with E-state index >= 15 is 0 Å². The number of nitrogens with two attached hydrogens (primary N) is 1. The molecule has 0 radical (unpaired) electrons. The summed E-state index contributed by atoms with van der Waals surface area (Å²) in [6.45, 7) is 1.44. The number of rotatable bonds is 2. The van der Waals surface area contributed by atoms with Crippen molar-refractivity contribution < 1.29 is 13.3 Å². The van der Waals surface area contributed by atoms with E-state index in [9.17, 15) is 18.5 Å². The summed E-state index contributed by atoms with van der Waals surface area (Å²) in [6, 6.07) is 2.56. The Labute approximate surface area is 94.4 Å². The molecule has 6 nitrogen and oxygen atoms in total. The largest absolute Gasteiger partial charge is 0.290 e. The van der Waals surface area contributed by atoms with Crippen LogP contribution in [0.4, 0.5) is 5.69 Å². The van der Waals surface area contributed by atoms with Crippen LogP contribution in [0.15, 0.2) is 21.5 Å². The summed E-state index contributed by atoms with van der Waals surface area (Å²) in [5.74, 6) is 0. The lowest BCUT2D eigenvalue weighted by atomic mass is 10.2. The van der Waals surface area contributed by atoms with E-state index in [2.05, 4.69) is 15.9 Å². The third kappa shape index (κ3) is 2.52. The van der Waals surface area contributed by atoms with Crippen molar-refractivity contribution in [2.24, 2.45) is 5.14 Å². The molecule has 0 bridgehead atoms. The highest BCUT2D eigenvalue weighted by Crippen LogP contribution is 2.29. The van der Waals surface area contributed by atoms with E-state index in [-0.39, 0.29) is 5.56 Å². The number of primary sulfonamides is 1. The molecule has 1 aromatic carbocycles. The van der Waals surface area contributed by atoms with Gasteiger partial charge in [-0.1, -0.05) is 15.9 Å². The fraction of sp³-hybridized carbons (Fsp3) is 0.143. The predicted molar refractivity (Wildman–Crippen MR) is 56.9 cm³/mol. The third-order valence-corrected chi connectivity index (χ3v) is 3.26. The fourth-order valence-electron chi connectivity index (χ4n) is 1.22. The minimum absolute atomic E-state index is 0.235. The first kappa shape index (κ1) is 12.1. The van der Waals surface area contributed by atoms with Gasteiger partial charge in [-0.05, 0) is 18.6 Å². The van der Waals surface area contributed by atoms with Crippen LogP contribution in [0.5, 0.6) is 0 Å². The van der Waals surface area contributed by atoms with Crippen molar-refractivity contribution in [3.05, 3.63) is 32.3 Å². The van der Waals surface area contributed by atoms with Gasteiger partial charge in [0.05, 0.1) is 4.92 Å². The zero-order chi connectivity index (χ0) is 11.8. The van der Waals surface area contributed by atoms with E-state index in [1.54, 1.807) is 0 Å². The number of nitro benzene ring substituents is 1. The lowest BCUT2D eigenvalue weighted by molar-refractivity contribution is -0.388. The molecule has 1 rings (SSSR count). The molecule has 0 heterocycles. The van der Waals surface area contributed by atoms with Crippen LogP contribution in [0, 0.1) is 17.0 Å². The Morgan fingerprint density at radius 2 is 2.00 bits per heavy atom. The normalized spacial score (nSPS) is 11.4. The molecule has 0 fully saturated rings. The van der Waals surface area contributed by atoms with Crippen LogP contribution < -0.4 is 5.14 Å². The van der Waals surface area contributed by atoms with Crippen LogP contribution in [-0.4, -0.2) is 13.3 Å². The van der Waals surface area contributed by atoms with Gasteiger partial charge in [0.2, 0.25) is 10.0 Å². The molecule has 82 valence electrons. The lowest BCUT2D eigenvalue weighted by Crippen LogP contribution is -2.15. The standard InChI is InChI=1S/C7H7BrN2O4S/c1-4-2-5(8)3-6(10(11)12)7(4)15(9,13)14/h2-3H,1H3,(H2,9,13,14). The summed E-state index contributed by atoms with van der Waals surface area (Å²) in [4.78, 5) is 9.41. The summed E-state index contributed by atoms with van der Waals surface area (Å²) in [5.41, 5.74) is -0.289. The first-order valence-electron chi connectivity index (χ1n) is 3.71. The molecule has 0 aliphatic carbocycles. The summed E-state index contributed by atoms with van der Waals surface area (Å²) < 4.78 is 22.7. The number of hydrogen-bond acceptors (Lipinski definition) is 4. The summed E-state index contributed by atoms with van der Waals surface area (Å²) >= 11 is 3.04. The van der Waals surface area contributed by atoms with Gasteiger partial charge in [0.15, 0.2) is 4.90 Å². The van der Waals surface area contributed by atoms with Crippen LogP contribution >= 0.6 is 15.9 Å². The van der Waals surface area contributed by atoms with Gasteiger partial charge in [-0.2, -0.15) is 0 Å². The molecule has 0 saturated carbocycles. The Morgan fingerprint density at radius 3 is 2.40 bits per heavy atom. The number of sulfonamides is 1. The van der Waals surface area contributed by atoms with Crippen molar-refractivity contribution in [2.75, 3.05) is 0 Å². The third-order valence-electron chi connectivity index (χ3n) is 1.70. The maximum Gasteiger partial charge on any atom is 0.290 e. The molecule has 0 unspecified atom stereocenters. The maximum absolute atomic E-state index is 11.1. The summed E-state index contributed by atoms with van der Waals surface area (Å²) in [7, 11) is -4.09. The number of halogens is 1. The van der Waals surface area contributed by atoms with E-state index in [0.29, 0.717) is 4.47 Å². The highest BCUT2D eigenvalue weighted by molar-refractivity contribution is 9.10. The van der Waals surface area contributed by atoms with Gasteiger partial charge >= 0.3 is 0 Å². The molecule has 15 heavy (non-hydrogen) atoms. The van der Waals surface area contributed by atoms with Crippen LogP contribution in [0.1, 0.15) is 5.56 Å². The second-order valence-electron chi connectivity index (χ2n) is 2.87. The molecule has 0 atom stereocenters. The number of nitro groups is 1. The molecule has 0 saturated heterocycles. The monoisotopic (exact) mass is 294 g/mol. The van der Waals surface area contributed by atoms with Crippen LogP contribution in [0.3, 0.4) is 0 Å². The Balaban J connectivity index is 3.70. The fourth-order valence-corrected chi connectivity index (χ4v) is 2.71. The zero-order valence-corrected chi connectivity index (χ0v) is 10.0. The van der Waals surface area contributed by atoms with Gasteiger partial charge in [-0.3, -0.25) is 10.1 Å². The average Bonchev–Trinajstić information content (AvgIpc) is 1.99. The van der Waals surface area contributed by atoms with Crippen molar-refractivity contribution in [1.29, 1.82) is 0 Å². The molecule has 0 aliphatic rings. The molecule has 0 aliphatic heterocycles. The predicted octanol–water partition coefficient (Wildman–Crippen LogP) is 1.31. The number of hydrogen-bond donors (Lipinski definition) is 1. The minimum atomic E-state index is -4.09. The number of aryl methyl sites for hydroxylation is 1.